The zero-order valence-corrected chi connectivity index (χ0v) is 17.7. The van der Waals surface area contributed by atoms with Crippen molar-refractivity contribution in [3.8, 4) is 17.2 Å². The van der Waals surface area contributed by atoms with Gasteiger partial charge in [0.05, 0.1) is 17.5 Å². The summed E-state index contributed by atoms with van der Waals surface area (Å²) in [7, 11) is 0. The maximum absolute atomic E-state index is 13.2. The lowest BCUT2D eigenvalue weighted by Gasteiger charge is -2.37. The second-order valence-electron chi connectivity index (χ2n) is 9.44. The Balaban J connectivity index is 1.05. The van der Waals surface area contributed by atoms with Crippen LogP contribution in [0.15, 0.2) is 54.6 Å². The van der Waals surface area contributed by atoms with E-state index >= 15 is 0 Å². The van der Waals surface area contributed by atoms with Gasteiger partial charge >= 0.3 is 0 Å². The Morgan fingerprint density at radius 3 is 2.27 bits per heavy atom. The zero-order valence-electron chi connectivity index (χ0n) is 17.7. The van der Waals surface area contributed by atoms with E-state index in [4.69, 9.17) is 14.2 Å². The quantitative estimate of drug-likeness (QED) is 0.401. The van der Waals surface area contributed by atoms with Crippen molar-refractivity contribution in [3.05, 3.63) is 60.2 Å². The van der Waals surface area contributed by atoms with E-state index in [1.165, 1.54) is 4.90 Å². The predicted octanol–water partition coefficient (Wildman–Crippen LogP) is 3.23. The predicted molar refractivity (Wildman–Crippen MR) is 116 cm³/mol. The van der Waals surface area contributed by atoms with Crippen LogP contribution < -0.4 is 19.1 Å². The van der Waals surface area contributed by atoms with E-state index in [1.54, 1.807) is 42.5 Å². The monoisotopic (exact) mass is 443 g/mol. The Morgan fingerprint density at radius 1 is 0.909 bits per heavy atom. The fraction of sp³-hybridized carbons (Fsp3) is 0.346. The second kappa shape index (κ2) is 6.70. The van der Waals surface area contributed by atoms with Crippen molar-refractivity contribution in [3.63, 3.8) is 0 Å². The molecule has 1 saturated heterocycles. The van der Waals surface area contributed by atoms with Crippen molar-refractivity contribution < 1.29 is 28.6 Å². The molecule has 4 unspecified atom stereocenters. The summed E-state index contributed by atoms with van der Waals surface area (Å²) in [5, 5.41) is 0. The largest absolute Gasteiger partial charge is 0.485 e. The van der Waals surface area contributed by atoms with Gasteiger partial charge in [-0.25, -0.2) is 0 Å². The van der Waals surface area contributed by atoms with Gasteiger partial charge in [-0.3, -0.25) is 19.3 Å². The van der Waals surface area contributed by atoms with Gasteiger partial charge in [-0.1, -0.05) is 12.2 Å². The van der Waals surface area contributed by atoms with E-state index in [1.807, 2.05) is 0 Å². The molecule has 0 spiro atoms. The van der Waals surface area contributed by atoms with Crippen LogP contribution in [0.25, 0.3) is 0 Å². The fourth-order valence-electron chi connectivity index (χ4n) is 6.21. The highest BCUT2D eigenvalue weighted by Gasteiger charge is 2.67. The van der Waals surface area contributed by atoms with Crippen LogP contribution in [0.4, 0.5) is 5.69 Å². The van der Waals surface area contributed by atoms with Crippen LogP contribution in [0, 0.1) is 35.5 Å². The molecule has 0 radical (unpaired) electrons. The van der Waals surface area contributed by atoms with Gasteiger partial charge in [0, 0.05) is 5.56 Å². The van der Waals surface area contributed by atoms with E-state index < -0.39 is 0 Å². The molecule has 2 aromatic carbocycles. The molecule has 2 bridgehead atoms. The van der Waals surface area contributed by atoms with E-state index in [9.17, 15) is 14.4 Å². The van der Waals surface area contributed by atoms with Crippen LogP contribution in [-0.2, 0) is 9.59 Å². The van der Waals surface area contributed by atoms with Gasteiger partial charge in [-0.15, -0.1) is 0 Å². The number of ether oxygens (including phenoxy) is 3. The number of amides is 2. The molecule has 2 saturated carbocycles. The summed E-state index contributed by atoms with van der Waals surface area (Å²) in [6, 6.07) is 11.8. The number of Topliss-reactive ketones (excluding diaryl/α,β-unsaturated/α-hetero) is 1. The molecule has 33 heavy (non-hydrogen) atoms. The molecule has 3 fully saturated rings. The van der Waals surface area contributed by atoms with Crippen molar-refractivity contribution in [2.75, 3.05) is 18.3 Å². The first-order valence-electron chi connectivity index (χ1n) is 11.3. The summed E-state index contributed by atoms with van der Waals surface area (Å²) in [5.74, 6) is 2.45. The third-order valence-corrected chi connectivity index (χ3v) is 7.82. The number of nitrogens with zero attached hydrogens (tertiary/aromatic N) is 1. The molecule has 166 valence electrons. The number of ketones is 1. The highest BCUT2D eigenvalue weighted by molar-refractivity contribution is 6.22. The minimum absolute atomic E-state index is 0.0821. The Kier molecular flexibility index (Phi) is 3.84. The van der Waals surface area contributed by atoms with Crippen molar-refractivity contribution in [1.82, 2.24) is 0 Å². The summed E-state index contributed by atoms with van der Waals surface area (Å²) < 4.78 is 16.2. The van der Waals surface area contributed by atoms with Crippen LogP contribution in [0.5, 0.6) is 17.2 Å². The molecule has 7 nitrogen and oxygen atoms in total. The number of benzene rings is 2. The SMILES string of the molecule is O=C(COc1ccc(N2C(=O)C3C(C2=O)C2C=CC3[C@H]3C[C@@H]23)cc1)c1ccc2c(c1)OCO2. The van der Waals surface area contributed by atoms with Gasteiger partial charge in [0.1, 0.15) is 5.75 Å². The molecule has 4 aliphatic carbocycles. The van der Waals surface area contributed by atoms with Crippen LogP contribution in [-0.4, -0.2) is 31.0 Å². The highest BCUT2D eigenvalue weighted by atomic mass is 16.7. The van der Waals surface area contributed by atoms with Crippen LogP contribution in [0.1, 0.15) is 16.8 Å². The third kappa shape index (κ3) is 2.71. The fourth-order valence-corrected chi connectivity index (χ4v) is 6.21. The normalized spacial score (nSPS) is 32.1. The Hall–Kier alpha value is -3.61. The lowest BCUT2D eigenvalue weighted by molar-refractivity contribution is -0.124. The van der Waals surface area contributed by atoms with Gasteiger partial charge < -0.3 is 14.2 Å². The number of anilines is 1. The molecule has 2 amide bonds. The molecule has 2 aromatic rings. The topological polar surface area (TPSA) is 82.1 Å². The van der Waals surface area contributed by atoms with Gasteiger partial charge in [-0.05, 0) is 72.6 Å². The van der Waals surface area contributed by atoms with Gasteiger partial charge in [0.15, 0.2) is 23.9 Å². The molecule has 0 N–H and O–H groups in total. The smallest absolute Gasteiger partial charge is 0.238 e. The number of fused-ring (bicyclic) bond motifs is 1. The summed E-state index contributed by atoms with van der Waals surface area (Å²) in [6.07, 6.45) is 5.48. The summed E-state index contributed by atoms with van der Waals surface area (Å²) in [4.78, 5) is 40.3. The number of hydrogen-bond acceptors (Lipinski definition) is 6. The van der Waals surface area contributed by atoms with Crippen LogP contribution in [0.3, 0.4) is 0 Å². The maximum atomic E-state index is 13.2. The van der Waals surface area contributed by atoms with Gasteiger partial charge in [0.25, 0.3) is 0 Å². The average Bonchev–Trinajstić information content (AvgIpc) is 3.47. The molecule has 0 aromatic heterocycles. The molecule has 6 atom stereocenters. The Labute approximate surface area is 189 Å². The molecule has 2 heterocycles. The minimum atomic E-state index is -0.216. The molecular weight excluding hydrogens is 422 g/mol. The van der Waals surface area contributed by atoms with Crippen LogP contribution >= 0.6 is 0 Å². The van der Waals surface area contributed by atoms with Gasteiger partial charge in [-0.2, -0.15) is 0 Å². The first kappa shape index (κ1) is 18.9. The van der Waals surface area contributed by atoms with E-state index in [0.29, 0.717) is 40.3 Å². The molecule has 2 aliphatic heterocycles. The number of allylic oxidation sites excluding steroid dienone is 2. The number of carbonyl (C=O) groups is 3. The summed E-state index contributed by atoms with van der Waals surface area (Å²) in [5.41, 5.74) is 1.04. The van der Waals surface area contributed by atoms with Gasteiger partial charge in [0.2, 0.25) is 18.6 Å². The second-order valence-corrected chi connectivity index (χ2v) is 9.44. The van der Waals surface area contributed by atoms with Crippen molar-refractivity contribution >= 4 is 23.3 Å². The highest BCUT2D eigenvalue weighted by Crippen LogP contribution is 2.65. The Bertz CT molecular complexity index is 1200. The van der Waals surface area contributed by atoms with Crippen molar-refractivity contribution in [2.45, 2.75) is 6.42 Å². The molecule has 6 aliphatic rings. The van der Waals surface area contributed by atoms with E-state index in [-0.39, 0.29) is 54.7 Å². The lowest BCUT2D eigenvalue weighted by atomic mass is 9.63. The maximum Gasteiger partial charge on any atom is 0.238 e. The van der Waals surface area contributed by atoms with E-state index in [2.05, 4.69) is 12.2 Å². The van der Waals surface area contributed by atoms with Crippen LogP contribution in [0.2, 0.25) is 0 Å². The third-order valence-electron chi connectivity index (χ3n) is 7.82. The summed E-state index contributed by atoms with van der Waals surface area (Å²) >= 11 is 0. The van der Waals surface area contributed by atoms with Crippen molar-refractivity contribution in [1.29, 1.82) is 0 Å². The molecule has 7 heteroatoms. The number of rotatable bonds is 5. The zero-order chi connectivity index (χ0) is 22.3. The first-order chi connectivity index (χ1) is 16.1. The lowest BCUT2D eigenvalue weighted by Crippen LogP contribution is -2.40. The number of imide groups is 1. The standard InChI is InChI=1S/C26H21NO6/c28-20(13-1-8-21-22(9-13)33-12-32-21)11-31-15-4-2-14(3-5-15)27-25(29)23-16-6-7-17(19-10-18(16)19)24(23)26(27)30/h1-9,16-19,23-24H,10-12H2/t16?,17?,18-,19+,23?,24?. The number of hydrogen-bond donors (Lipinski definition) is 0. The minimum Gasteiger partial charge on any atom is -0.485 e. The number of carbonyl (C=O) groups excluding carboxylic acids is 3. The Morgan fingerprint density at radius 2 is 1.58 bits per heavy atom. The molecule has 8 rings (SSSR count). The first-order valence-corrected chi connectivity index (χ1v) is 11.3. The van der Waals surface area contributed by atoms with Crippen molar-refractivity contribution in [2.24, 2.45) is 35.5 Å². The summed E-state index contributed by atoms with van der Waals surface area (Å²) in [6.45, 7) is 0.0147. The van der Waals surface area contributed by atoms with E-state index in [0.717, 1.165) is 6.42 Å². The molecular formula is C26H21NO6. The average molecular weight is 443 g/mol.